The number of likely N-dealkylation sites (tertiary alicyclic amines) is 1. The van der Waals surface area contributed by atoms with E-state index in [1.54, 1.807) is 7.11 Å². The third-order valence-corrected chi connectivity index (χ3v) is 3.38. The van der Waals surface area contributed by atoms with Crippen LogP contribution in [0.25, 0.3) is 0 Å². The first-order chi connectivity index (χ1) is 7.20. The van der Waals surface area contributed by atoms with Crippen LogP contribution in [-0.4, -0.2) is 43.2 Å². The van der Waals surface area contributed by atoms with Crippen LogP contribution in [0.3, 0.4) is 0 Å². The second-order valence-corrected chi connectivity index (χ2v) is 4.70. The summed E-state index contributed by atoms with van der Waals surface area (Å²) in [7, 11) is 1.78. The molecule has 4 nitrogen and oxygen atoms in total. The highest BCUT2D eigenvalue weighted by Gasteiger charge is 2.28. The van der Waals surface area contributed by atoms with Crippen LogP contribution in [-0.2, 0) is 4.74 Å². The predicted octanol–water partition coefficient (Wildman–Crippen LogP) is 0.820. The summed E-state index contributed by atoms with van der Waals surface area (Å²) in [6.45, 7) is 4.14. The molecule has 1 saturated heterocycles. The van der Waals surface area contributed by atoms with E-state index in [9.17, 15) is 0 Å². The van der Waals surface area contributed by atoms with Gasteiger partial charge in [0.25, 0.3) is 0 Å². The summed E-state index contributed by atoms with van der Waals surface area (Å²) in [5.41, 5.74) is 5.97. The van der Waals surface area contributed by atoms with Crippen molar-refractivity contribution in [2.24, 2.45) is 16.6 Å². The van der Waals surface area contributed by atoms with Crippen LogP contribution in [0.1, 0.15) is 26.2 Å². The van der Waals surface area contributed by atoms with Crippen LogP contribution in [0.5, 0.6) is 0 Å². The lowest BCUT2D eigenvalue weighted by atomic mass is 9.96. The molecule has 0 aromatic heterocycles. The molecule has 0 aromatic rings. The van der Waals surface area contributed by atoms with Gasteiger partial charge in [-0.3, -0.25) is 0 Å². The smallest absolute Gasteiger partial charge is 0.191 e. The number of hydrogen-bond acceptors (Lipinski definition) is 2. The van der Waals surface area contributed by atoms with E-state index in [-0.39, 0.29) is 0 Å². The molecule has 0 bridgehead atoms. The number of rotatable bonds is 2. The van der Waals surface area contributed by atoms with Gasteiger partial charge in [0.05, 0.1) is 12.1 Å². The van der Waals surface area contributed by atoms with Gasteiger partial charge >= 0.3 is 0 Å². The highest BCUT2D eigenvalue weighted by Crippen LogP contribution is 2.24. The quantitative estimate of drug-likeness (QED) is 0.543. The topological polar surface area (TPSA) is 50.9 Å². The normalized spacial score (nSPS) is 33.2. The summed E-state index contributed by atoms with van der Waals surface area (Å²) < 4.78 is 5.45. The Hall–Kier alpha value is -0.770. The van der Waals surface area contributed by atoms with Crippen molar-refractivity contribution in [1.29, 1.82) is 0 Å². The van der Waals surface area contributed by atoms with Gasteiger partial charge in [-0.05, 0) is 25.2 Å². The van der Waals surface area contributed by atoms with E-state index in [0.29, 0.717) is 24.0 Å². The maximum absolute atomic E-state index is 5.97. The SMILES string of the molecule is COC1CN(C(N)=NC2CC2)CCC1C. The Balaban J connectivity index is 1.92. The van der Waals surface area contributed by atoms with Crippen LogP contribution < -0.4 is 5.73 Å². The lowest BCUT2D eigenvalue weighted by molar-refractivity contribution is 0.0145. The largest absolute Gasteiger partial charge is 0.379 e. The monoisotopic (exact) mass is 211 g/mol. The van der Waals surface area contributed by atoms with E-state index in [2.05, 4.69) is 16.8 Å². The average molecular weight is 211 g/mol. The van der Waals surface area contributed by atoms with Gasteiger partial charge in [-0.15, -0.1) is 0 Å². The number of piperidine rings is 1. The van der Waals surface area contributed by atoms with Gasteiger partial charge in [0.15, 0.2) is 5.96 Å². The van der Waals surface area contributed by atoms with Gasteiger partial charge in [-0.25, -0.2) is 4.99 Å². The second-order valence-electron chi connectivity index (χ2n) is 4.70. The third-order valence-electron chi connectivity index (χ3n) is 3.38. The summed E-state index contributed by atoms with van der Waals surface area (Å²) in [5.74, 6) is 1.34. The molecule has 2 aliphatic rings. The highest BCUT2D eigenvalue weighted by molar-refractivity contribution is 5.78. The van der Waals surface area contributed by atoms with Gasteiger partial charge < -0.3 is 15.4 Å². The third kappa shape index (κ3) is 2.62. The van der Waals surface area contributed by atoms with Crippen molar-refractivity contribution in [3.63, 3.8) is 0 Å². The number of nitrogens with two attached hydrogens (primary N) is 1. The number of guanidine groups is 1. The van der Waals surface area contributed by atoms with E-state index < -0.39 is 0 Å². The number of ether oxygens (including phenoxy) is 1. The lowest BCUT2D eigenvalue weighted by Gasteiger charge is -2.36. The molecule has 1 saturated carbocycles. The Morgan fingerprint density at radius 3 is 2.73 bits per heavy atom. The standard InChI is InChI=1S/C11H21N3O/c1-8-5-6-14(7-10(8)15-2)11(12)13-9-3-4-9/h8-10H,3-7H2,1-2H3,(H2,12,13). The molecule has 1 aliphatic carbocycles. The summed E-state index contributed by atoms with van der Waals surface area (Å²) in [6.07, 6.45) is 3.85. The van der Waals surface area contributed by atoms with E-state index in [0.717, 1.165) is 19.5 Å². The first-order valence-electron chi connectivity index (χ1n) is 5.81. The van der Waals surface area contributed by atoms with Gasteiger partial charge in [0.2, 0.25) is 0 Å². The van der Waals surface area contributed by atoms with Crippen molar-refractivity contribution in [3.8, 4) is 0 Å². The number of methoxy groups -OCH3 is 1. The summed E-state index contributed by atoms with van der Waals surface area (Å²) in [4.78, 5) is 6.63. The van der Waals surface area contributed by atoms with Crippen molar-refractivity contribution in [1.82, 2.24) is 4.90 Å². The molecule has 86 valence electrons. The van der Waals surface area contributed by atoms with Crippen molar-refractivity contribution in [2.75, 3.05) is 20.2 Å². The molecule has 0 aromatic carbocycles. The number of nitrogens with zero attached hydrogens (tertiary/aromatic N) is 2. The molecule has 0 radical (unpaired) electrons. The molecule has 2 fully saturated rings. The van der Waals surface area contributed by atoms with E-state index >= 15 is 0 Å². The van der Waals surface area contributed by atoms with Gasteiger partial charge in [0, 0.05) is 20.2 Å². The van der Waals surface area contributed by atoms with Crippen LogP contribution in [0, 0.1) is 5.92 Å². The first kappa shape index (κ1) is 10.7. The van der Waals surface area contributed by atoms with Gasteiger partial charge in [0.1, 0.15) is 0 Å². The fraction of sp³-hybridized carbons (Fsp3) is 0.909. The molecule has 2 rings (SSSR count). The lowest BCUT2D eigenvalue weighted by Crippen LogP contribution is -2.49. The van der Waals surface area contributed by atoms with Crippen molar-refractivity contribution >= 4 is 5.96 Å². The summed E-state index contributed by atoms with van der Waals surface area (Å²) in [6, 6.07) is 0.505. The molecule has 15 heavy (non-hydrogen) atoms. The minimum atomic E-state index is 0.298. The van der Waals surface area contributed by atoms with E-state index in [1.165, 1.54) is 12.8 Å². The zero-order chi connectivity index (χ0) is 10.8. The Labute approximate surface area is 91.5 Å². The average Bonchev–Trinajstić information content (AvgIpc) is 3.02. The van der Waals surface area contributed by atoms with E-state index in [4.69, 9.17) is 10.5 Å². The fourth-order valence-corrected chi connectivity index (χ4v) is 2.02. The summed E-state index contributed by atoms with van der Waals surface area (Å²) in [5, 5.41) is 0. The Morgan fingerprint density at radius 2 is 2.13 bits per heavy atom. The van der Waals surface area contributed by atoms with Crippen LogP contribution in [0.15, 0.2) is 4.99 Å². The Morgan fingerprint density at radius 1 is 1.40 bits per heavy atom. The summed E-state index contributed by atoms with van der Waals surface area (Å²) >= 11 is 0. The Bertz CT molecular complexity index is 250. The Kier molecular flexibility index (Phi) is 3.14. The zero-order valence-electron chi connectivity index (χ0n) is 9.65. The molecule has 1 aliphatic heterocycles. The van der Waals surface area contributed by atoms with Crippen LogP contribution >= 0.6 is 0 Å². The molecule has 0 amide bonds. The highest BCUT2D eigenvalue weighted by atomic mass is 16.5. The molecule has 2 N–H and O–H groups in total. The molecular formula is C11H21N3O. The molecule has 0 spiro atoms. The van der Waals surface area contributed by atoms with Crippen molar-refractivity contribution in [3.05, 3.63) is 0 Å². The first-order valence-corrected chi connectivity index (χ1v) is 5.81. The predicted molar refractivity (Wildman–Crippen MR) is 60.8 cm³/mol. The number of hydrogen-bond donors (Lipinski definition) is 1. The molecular weight excluding hydrogens is 190 g/mol. The molecule has 2 atom stereocenters. The molecule has 2 unspecified atom stereocenters. The zero-order valence-corrected chi connectivity index (χ0v) is 9.65. The van der Waals surface area contributed by atoms with Crippen molar-refractivity contribution < 1.29 is 4.74 Å². The number of aliphatic imine (C=N–C) groups is 1. The minimum absolute atomic E-state index is 0.298. The molecule has 4 heteroatoms. The maximum Gasteiger partial charge on any atom is 0.191 e. The second kappa shape index (κ2) is 4.39. The fourth-order valence-electron chi connectivity index (χ4n) is 2.02. The minimum Gasteiger partial charge on any atom is -0.379 e. The maximum atomic E-state index is 5.97. The van der Waals surface area contributed by atoms with Gasteiger partial charge in [-0.1, -0.05) is 6.92 Å². The van der Waals surface area contributed by atoms with E-state index in [1.807, 2.05) is 0 Å². The van der Waals surface area contributed by atoms with Crippen molar-refractivity contribution in [2.45, 2.75) is 38.3 Å². The van der Waals surface area contributed by atoms with Crippen LogP contribution in [0.4, 0.5) is 0 Å². The molecule has 1 heterocycles. The van der Waals surface area contributed by atoms with Gasteiger partial charge in [-0.2, -0.15) is 0 Å². The van der Waals surface area contributed by atoms with Crippen LogP contribution in [0.2, 0.25) is 0 Å².